The minimum atomic E-state index is -0.573. The molecule has 3 amide bonds. The standard InChI is InChI=1S/C23H26ClN3O3.C23H25ClN2O4/c24-16-7-5-15(6-8-16)13-27-18-9-10-19(27)12-17(11-18)26-22(28)14-30-21-4-2-1-3-20(21)23(25)29;24-16-3-1-15(2-4-16)12-26-18-5-6-19(26)10-17(9-18)25-23(27)13-28-20-7-8-21-22(11-20)30-14-29-21/h1-8,17-19H,9-14H2,(H2,25,29)(H,26,28);1-4,7-8,11,17-19H,5-6,9-10,12-14H2,(H,25,27)/t2*17?,18-,19+. The van der Waals surface area contributed by atoms with Gasteiger partial charge in [0.25, 0.3) is 17.7 Å². The highest BCUT2D eigenvalue weighted by Crippen LogP contribution is 2.39. The minimum absolute atomic E-state index is 0.0000336. The third-order valence-electron chi connectivity index (χ3n) is 12.3. The molecule has 0 aliphatic carbocycles. The molecule has 4 aromatic carbocycles. The van der Waals surface area contributed by atoms with Gasteiger partial charge in [-0.25, -0.2) is 0 Å². The van der Waals surface area contributed by atoms with Gasteiger partial charge in [-0.05, 0) is 111 Å². The van der Waals surface area contributed by atoms with E-state index < -0.39 is 5.91 Å². The van der Waals surface area contributed by atoms with Crippen molar-refractivity contribution in [1.82, 2.24) is 20.4 Å². The summed E-state index contributed by atoms with van der Waals surface area (Å²) >= 11 is 12.0. The lowest BCUT2D eigenvalue weighted by Crippen LogP contribution is -2.50. The zero-order valence-corrected chi connectivity index (χ0v) is 34.9. The number of rotatable bonds is 13. The van der Waals surface area contributed by atoms with E-state index in [9.17, 15) is 14.4 Å². The molecule has 2 unspecified atom stereocenters. The fourth-order valence-electron chi connectivity index (χ4n) is 9.50. The Morgan fingerprint density at radius 2 is 1.12 bits per heavy atom. The smallest absolute Gasteiger partial charge is 0.258 e. The first-order chi connectivity index (χ1) is 29.1. The molecule has 4 aromatic rings. The van der Waals surface area contributed by atoms with Crippen molar-refractivity contribution in [3.63, 3.8) is 0 Å². The molecule has 4 fully saturated rings. The molecule has 9 rings (SSSR count). The molecule has 12 nitrogen and oxygen atoms in total. The summed E-state index contributed by atoms with van der Waals surface area (Å²) in [5.74, 6) is 1.46. The molecule has 0 spiro atoms. The van der Waals surface area contributed by atoms with Gasteiger partial charge in [-0.2, -0.15) is 0 Å². The van der Waals surface area contributed by atoms with Crippen LogP contribution >= 0.6 is 23.2 Å². The van der Waals surface area contributed by atoms with Crippen molar-refractivity contribution in [3.05, 3.63) is 118 Å². The van der Waals surface area contributed by atoms with E-state index in [-0.39, 0.29) is 49.5 Å². The first-order valence-electron chi connectivity index (χ1n) is 20.8. The van der Waals surface area contributed by atoms with Gasteiger partial charge >= 0.3 is 0 Å². The summed E-state index contributed by atoms with van der Waals surface area (Å²) in [5, 5.41) is 7.80. The monoisotopic (exact) mass is 855 g/mol. The van der Waals surface area contributed by atoms with Gasteiger partial charge in [0.05, 0.1) is 5.56 Å². The van der Waals surface area contributed by atoms with Gasteiger partial charge in [0.2, 0.25) is 6.79 Å². The van der Waals surface area contributed by atoms with Gasteiger partial charge in [-0.15, -0.1) is 0 Å². The second kappa shape index (κ2) is 19.1. The van der Waals surface area contributed by atoms with E-state index in [0.717, 1.165) is 61.7 Å². The van der Waals surface area contributed by atoms with Crippen LogP contribution in [0, 0.1) is 0 Å². The predicted octanol–water partition coefficient (Wildman–Crippen LogP) is 6.89. The van der Waals surface area contributed by atoms with E-state index in [1.165, 1.54) is 24.0 Å². The van der Waals surface area contributed by atoms with Crippen molar-refractivity contribution < 1.29 is 33.3 Å². The van der Waals surface area contributed by atoms with E-state index >= 15 is 0 Å². The number of hydrogen-bond acceptors (Lipinski definition) is 9. The van der Waals surface area contributed by atoms with E-state index in [0.29, 0.717) is 47.2 Å². The molecular weight excluding hydrogens is 805 g/mol. The molecule has 60 heavy (non-hydrogen) atoms. The zero-order valence-electron chi connectivity index (χ0n) is 33.4. The molecule has 5 aliphatic rings. The number of primary amides is 1. The van der Waals surface area contributed by atoms with Crippen molar-refractivity contribution in [2.75, 3.05) is 20.0 Å². The minimum Gasteiger partial charge on any atom is -0.484 e. The highest BCUT2D eigenvalue weighted by molar-refractivity contribution is 6.30. The fraction of sp³-hybridized carbons (Fsp3) is 0.413. The number of fused-ring (bicyclic) bond motifs is 5. The number of nitrogens with two attached hydrogens (primary N) is 1. The summed E-state index contributed by atoms with van der Waals surface area (Å²) < 4.78 is 21.8. The van der Waals surface area contributed by atoms with Crippen LogP contribution in [0.3, 0.4) is 0 Å². The van der Waals surface area contributed by atoms with Crippen LogP contribution in [0.4, 0.5) is 0 Å². The lowest BCUT2D eigenvalue weighted by molar-refractivity contribution is -0.125. The van der Waals surface area contributed by atoms with Gasteiger partial charge in [0.1, 0.15) is 11.5 Å². The number of nitrogens with one attached hydrogen (secondary N) is 2. The molecule has 0 radical (unpaired) electrons. The van der Waals surface area contributed by atoms with E-state index in [1.807, 2.05) is 24.3 Å². The number of para-hydroxylation sites is 1. The van der Waals surface area contributed by atoms with Crippen LogP contribution in [0.5, 0.6) is 23.0 Å². The topological polar surface area (TPSA) is 145 Å². The number of halogens is 2. The third kappa shape index (κ3) is 10.5. The Hall–Kier alpha value is -5.01. The highest BCUT2D eigenvalue weighted by atomic mass is 35.5. The maximum atomic E-state index is 12.4. The molecular formula is C46H51Cl2N5O7. The van der Waals surface area contributed by atoms with Crippen LogP contribution in [-0.2, 0) is 22.7 Å². The number of carbonyl (C=O) groups excluding carboxylic acids is 3. The summed E-state index contributed by atoms with van der Waals surface area (Å²) in [4.78, 5) is 41.5. The van der Waals surface area contributed by atoms with E-state index in [2.05, 4.69) is 44.7 Å². The van der Waals surface area contributed by atoms with Gasteiger partial charge in [-0.1, -0.05) is 59.6 Å². The zero-order chi connectivity index (χ0) is 41.6. The van der Waals surface area contributed by atoms with E-state index in [4.69, 9.17) is 47.9 Å². The number of amides is 3. The van der Waals surface area contributed by atoms with Crippen molar-refractivity contribution >= 4 is 40.9 Å². The van der Waals surface area contributed by atoms with Crippen LogP contribution in [0.15, 0.2) is 91.0 Å². The number of nitrogens with zero attached hydrogens (tertiary/aromatic N) is 2. The molecule has 4 saturated heterocycles. The fourth-order valence-corrected chi connectivity index (χ4v) is 9.75. The molecule has 14 heteroatoms. The molecule has 5 aliphatic heterocycles. The van der Waals surface area contributed by atoms with E-state index in [1.54, 1.807) is 42.5 Å². The second-order valence-corrected chi connectivity index (χ2v) is 17.2. The quantitative estimate of drug-likeness (QED) is 0.131. The average molecular weight is 857 g/mol. The summed E-state index contributed by atoms with van der Waals surface area (Å²) in [6.07, 6.45) is 8.55. The molecule has 5 heterocycles. The maximum absolute atomic E-state index is 12.4. The van der Waals surface area contributed by atoms with Gasteiger partial charge in [0, 0.05) is 65.5 Å². The van der Waals surface area contributed by atoms with Crippen LogP contribution in [0.25, 0.3) is 0 Å². The number of ether oxygens (including phenoxy) is 4. The normalized spacial score (nSPS) is 23.9. The summed E-state index contributed by atoms with van der Waals surface area (Å²) in [6, 6.07) is 30.5. The van der Waals surface area contributed by atoms with Crippen molar-refractivity contribution in [1.29, 1.82) is 0 Å². The number of benzene rings is 4. The Kier molecular flexibility index (Phi) is 13.3. The molecule has 6 atom stereocenters. The molecule has 0 saturated carbocycles. The second-order valence-electron chi connectivity index (χ2n) is 16.3. The Balaban J connectivity index is 0.000000166. The van der Waals surface area contributed by atoms with Gasteiger partial charge in [-0.3, -0.25) is 24.2 Å². The van der Waals surface area contributed by atoms with Crippen LogP contribution < -0.4 is 35.3 Å². The first-order valence-corrected chi connectivity index (χ1v) is 21.5. The van der Waals surface area contributed by atoms with Gasteiger partial charge < -0.3 is 35.3 Å². The lowest BCUT2D eigenvalue weighted by Gasteiger charge is -2.39. The summed E-state index contributed by atoms with van der Waals surface area (Å²) in [7, 11) is 0. The number of hydrogen-bond donors (Lipinski definition) is 3. The first kappa shape index (κ1) is 41.7. The summed E-state index contributed by atoms with van der Waals surface area (Å²) in [6.45, 7) is 1.95. The maximum Gasteiger partial charge on any atom is 0.258 e. The van der Waals surface area contributed by atoms with Crippen molar-refractivity contribution in [2.24, 2.45) is 5.73 Å². The van der Waals surface area contributed by atoms with Crippen molar-refractivity contribution in [2.45, 2.75) is 101 Å². The number of piperidine rings is 2. The molecule has 4 N–H and O–H groups in total. The lowest BCUT2D eigenvalue weighted by atomic mass is 9.96. The molecule has 0 aromatic heterocycles. The van der Waals surface area contributed by atoms with Crippen LogP contribution in [-0.4, -0.2) is 83.8 Å². The number of carbonyl (C=O) groups is 3. The molecule has 4 bridgehead atoms. The van der Waals surface area contributed by atoms with Crippen LogP contribution in [0.2, 0.25) is 10.0 Å². The molecule has 316 valence electrons. The van der Waals surface area contributed by atoms with Crippen molar-refractivity contribution in [3.8, 4) is 23.0 Å². The van der Waals surface area contributed by atoms with Crippen LogP contribution in [0.1, 0.15) is 72.9 Å². The van der Waals surface area contributed by atoms with Gasteiger partial charge in [0.15, 0.2) is 24.7 Å². The third-order valence-corrected chi connectivity index (χ3v) is 12.8. The average Bonchev–Trinajstić information content (AvgIpc) is 3.87. The Morgan fingerprint density at radius 1 is 0.633 bits per heavy atom. The largest absolute Gasteiger partial charge is 0.484 e. The predicted molar refractivity (Wildman–Crippen MR) is 228 cm³/mol. The summed E-state index contributed by atoms with van der Waals surface area (Å²) in [5.41, 5.74) is 8.18. The SMILES string of the molecule is NC(=O)c1ccccc1OCC(=O)NC1C[C@H]2CC[C@@H](C1)N2Cc1ccc(Cl)cc1.O=C(COc1ccc2c(c1)OCO2)NC1C[C@H]2CC[C@@H](C1)N2Cc1ccc(Cl)cc1. The highest BCUT2D eigenvalue weighted by Gasteiger charge is 2.42. The Morgan fingerprint density at radius 3 is 1.63 bits per heavy atom. The Labute approximate surface area is 360 Å². The Bertz CT molecular complexity index is 2110.